The second kappa shape index (κ2) is 5.58. The standard InChI is InChI=1S/C14H14N6O/c1-19-7-11(12-4-2-3-5-13(12)19)6-16-18-14(21)8-20-10-15-9-17-20/h2-7,9-10H,8H2,1H3,(H,18,21)/b16-6+. The zero-order valence-corrected chi connectivity index (χ0v) is 11.5. The lowest BCUT2D eigenvalue weighted by Crippen LogP contribution is -2.23. The van der Waals surface area contributed by atoms with Crippen molar-refractivity contribution in [2.24, 2.45) is 12.1 Å². The maximum absolute atomic E-state index is 11.7. The Kier molecular flexibility index (Phi) is 3.46. The highest BCUT2D eigenvalue weighted by molar-refractivity contribution is 5.99. The van der Waals surface area contributed by atoms with Gasteiger partial charge in [0.05, 0.1) is 6.21 Å². The van der Waals surface area contributed by atoms with Crippen LogP contribution in [0.3, 0.4) is 0 Å². The van der Waals surface area contributed by atoms with Crippen molar-refractivity contribution in [2.75, 3.05) is 0 Å². The molecule has 0 spiro atoms. The highest BCUT2D eigenvalue weighted by Crippen LogP contribution is 2.18. The van der Waals surface area contributed by atoms with Gasteiger partial charge >= 0.3 is 0 Å². The molecule has 3 rings (SSSR count). The molecule has 2 aromatic heterocycles. The third kappa shape index (κ3) is 2.81. The molecule has 0 atom stereocenters. The van der Waals surface area contributed by atoms with Crippen LogP contribution >= 0.6 is 0 Å². The van der Waals surface area contributed by atoms with E-state index in [1.54, 1.807) is 6.21 Å². The molecule has 0 aliphatic heterocycles. The summed E-state index contributed by atoms with van der Waals surface area (Å²) in [5.74, 6) is -0.253. The van der Waals surface area contributed by atoms with Crippen LogP contribution in [0.15, 0.2) is 48.2 Å². The molecule has 0 bridgehead atoms. The number of rotatable bonds is 4. The Bertz CT molecular complexity index is 787. The lowest BCUT2D eigenvalue weighted by atomic mass is 10.2. The van der Waals surface area contributed by atoms with Gasteiger partial charge in [-0.05, 0) is 6.07 Å². The van der Waals surface area contributed by atoms with Crippen LogP contribution < -0.4 is 5.43 Å². The summed E-state index contributed by atoms with van der Waals surface area (Å²) >= 11 is 0. The molecule has 0 saturated heterocycles. The summed E-state index contributed by atoms with van der Waals surface area (Å²) in [5, 5.41) is 8.93. The van der Waals surface area contributed by atoms with E-state index in [9.17, 15) is 4.79 Å². The first kappa shape index (κ1) is 13.0. The van der Waals surface area contributed by atoms with Crippen LogP contribution in [0.1, 0.15) is 5.56 Å². The molecule has 0 aliphatic carbocycles. The number of hydrogen-bond acceptors (Lipinski definition) is 4. The molecule has 1 amide bonds. The number of hydrazone groups is 1. The molecule has 7 nitrogen and oxygen atoms in total. The van der Waals surface area contributed by atoms with E-state index in [0.717, 1.165) is 16.5 Å². The SMILES string of the molecule is Cn1cc(/C=N/NC(=O)Cn2cncn2)c2ccccc21. The predicted molar refractivity (Wildman–Crippen MR) is 78.7 cm³/mol. The lowest BCUT2D eigenvalue weighted by molar-refractivity contribution is -0.121. The fraction of sp³-hybridized carbons (Fsp3) is 0.143. The van der Waals surface area contributed by atoms with Crippen molar-refractivity contribution in [3.05, 3.63) is 48.7 Å². The average molecular weight is 282 g/mol. The maximum atomic E-state index is 11.7. The summed E-state index contributed by atoms with van der Waals surface area (Å²) in [5.41, 5.74) is 4.55. The van der Waals surface area contributed by atoms with Gasteiger partial charge in [0.2, 0.25) is 0 Å². The van der Waals surface area contributed by atoms with E-state index < -0.39 is 0 Å². The second-order valence-corrected chi connectivity index (χ2v) is 4.60. The Morgan fingerprint density at radius 1 is 1.43 bits per heavy atom. The van der Waals surface area contributed by atoms with E-state index in [1.807, 2.05) is 42.1 Å². The van der Waals surface area contributed by atoms with Gasteiger partial charge in [-0.25, -0.2) is 15.1 Å². The summed E-state index contributed by atoms with van der Waals surface area (Å²) in [6, 6.07) is 8.02. The monoisotopic (exact) mass is 282 g/mol. The van der Waals surface area contributed by atoms with Crippen LogP contribution in [0.4, 0.5) is 0 Å². The van der Waals surface area contributed by atoms with Gasteiger partial charge in [0.15, 0.2) is 0 Å². The zero-order chi connectivity index (χ0) is 14.7. The summed E-state index contributed by atoms with van der Waals surface area (Å²) in [7, 11) is 1.98. The summed E-state index contributed by atoms with van der Waals surface area (Å²) < 4.78 is 3.46. The highest BCUT2D eigenvalue weighted by atomic mass is 16.2. The Hall–Kier alpha value is -2.96. The molecule has 21 heavy (non-hydrogen) atoms. The Labute approximate surface area is 120 Å². The molecule has 2 heterocycles. The van der Waals surface area contributed by atoms with Crippen LogP contribution in [0, 0.1) is 0 Å². The van der Waals surface area contributed by atoms with Crippen LogP contribution in [0.25, 0.3) is 10.9 Å². The number of carbonyl (C=O) groups is 1. The molecular formula is C14H14N6O. The number of nitrogens with zero attached hydrogens (tertiary/aromatic N) is 5. The molecule has 0 unspecified atom stereocenters. The van der Waals surface area contributed by atoms with Gasteiger partial charge in [-0.15, -0.1) is 0 Å². The second-order valence-electron chi connectivity index (χ2n) is 4.60. The Morgan fingerprint density at radius 2 is 2.29 bits per heavy atom. The minimum absolute atomic E-state index is 0.0902. The van der Waals surface area contributed by atoms with Crippen molar-refractivity contribution in [1.29, 1.82) is 0 Å². The first-order chi connectivity index (χ1) is 10.2. The number of carbonyl (C=O) groups excluding carboxylic acids is 1. The van der Waals surface area contributed by atoms with Crippen LogP contribution in [-0.4, -0.2) is 31.5 Å². The fourth-order valence-electron chi connectivity index (χ4n) is 2.15. The molecule has 0 fully saturated rings. The first-order valence-electron chi connectivity index (χ1n) is 6.42. The minimum atomic E-state index is -0.253. The van der Waals surface area contributed by atoms with Gasteiger partial charge < -0.3 is 4.57 Å². The molecule has 0 radical (unpaired) electrons. The molecule has 1 aromatic carbocycles. The summed E-state index contributed by atoms with van der Waals surface area (Å²) in [4.78, 5) is 15.4. The van der Waals surface area contributed by atoms with E-state index in [0.29, 0.717) is 0 Å². The van der Waals surface area contributed by atoms with Crippen molar-refractivity contribution in [3.63, 3.8) is 0 Å². The number of nitrogens with one attached hydrogen (secondary N) is 1. The third-order valence-electron chi connectivity index (χ3n) is 3.09. The first-order valence-corrected chi connectivity index (χ1v) is 6.42. The summed E-state index contributed by atoms with van der Waals surface area (Å²) in [6.45, 7) is 0.0902. The largest absolute Gasteiger partial charge is 0.350 e. The maximum Gasteiger partial charge on any atom is 0.261 e. The smallest absolute Gasteiger partial charge is 0.261 e. The molecule has 106 valence electrons. The quantitative estimate of drug-likeness (QED) is 0.571. The van der Waals surface area contributed by atoms with Gasteiger partial charge in [-0.3, -0.25) is 4.79 Å². The highest BCUT2D eigenvalue weighted by Gasteiger charge is 2.04. The molecule has 0 aliphatic rings. The van der Waals surface area contributed by atoms with E-state index in [4.69, 9.17) is 0 Å². The van der Waals surface area contributed by atoms with Crippen LogP contribution in [0.5, 0.6) is 0 Å². The number of benzene rings is 1. The summed E-state index contributed by atoms with van der Waals surface area (Å²) in [6.07, 6.45) is 6.47. The number of para-hydroxylation sites is 1. The van der Waals surface area contributed by atoms with Gasteiger partial charge in [-0.2, -0.15) is 10.2 Å². The van der Waals surface area contributed by atoms with E-state index in [1.165, 1.54) is 17.3 Å². The van der Waals surface area contributed by atoms with Crippen molar-refractivity contribution in [1.82, 2.24) is 24.8 Å². The van der Waals surface area contributed by atoms with Gasteiger partial charge in [-0.1, -0.05) is 18.2 Å². The molecule has 3 aromatic rings. The normalized spacial score (nSPS) is 11.3. The van der Waals surface area contributed by atoms with E-state index in [-0.39, 0.29) is 12.5 Å². The minimum Gasteiger partial charge on any atom is -0.350 e. The lowest BCUT2D eigenvalue weighted by Gasteiger charge is -1.98. The van der Waals surface area contributed by atoms with Crippen molar-refractivity contribution < 1.29 is 4.79 Å². The fourth-order valence-corrected chi connectivity index (χ4v) is 2.15. The average Bonchev–Trinajstić information content (AvgIpc) is 3.09. The van der Waals surface area contributed by atoms with Gasteiger partial charge in [0, 0.05) is 29.7 Å². The third-order valence-corrected chi connectivity index (χ3v) is 3.09. The number of hydrogen-bond donors (Lipinski definition) is 1. The Morgan fingerprint density at radius 3 is 3.10 bits per heavy atom. The van der Waals surface area contributed by atoms with Crippen molar-refractivity contribution in [3.8, 4) is 0 Å². The van der Waals surface area contributed by atoms with Crippen molar-refractivity contribution >= 4 is 23.0 Å². The number of fused-ring (bicyclic) bond motifs is 1. The van der Waals surface area contributed by atoms with Gasteiger partial charge in [0.25, 0.3) is 5.91 Å². The Balaban J connectivity index is 1.69. The molecule has 1 N–H and O–H groups in total. The number of aromatic nitrogens is 4. The topological polar surface area (TPSA) is 77.1 Å². The number of amides is 1. The van der Waals surface area contributed by atoms with Crippen molar-refractivity contribution in [2.45, 2.75) is 6.54 Å². The number of aryl methyl sites for hydroxylation is 1. The molecule has 7 heteroatoms. The zero-order valence-electron chi connectivity index (χ0n) is 11.5. The molecular weight excluding hydrogens is 268 g/mol. The predicted octanol–water partition coefficient (Wildman–Crippen LogP) is 0.920. The molecule has 0 saturated carbocycles. The van der Waals surface area contributed by atoms with E-state index >= 15 is 0 Å². The van der Waals surface area contributed by atoms with Crippen LogP contribution in [0.2, 0.25) is 0 Å². The van der Waals surface area contributed by atoms with Crippen LogP contribution in [-0.2, 0) is 18.4 Å². The van der Waals surface area contributed by atoms with Gasteiger partial charge in [0.1, 0.15) is 19.2 Å². The van der Waals surface area contributed by atoms with E-state index in [2.05, 4.69) is 20.6 Å².